The Bertz CT molecular complexity index is 865. The second-order valence-electron chi connectivity index (χ2n) is 6.59. The van der Waals surface area contributed by atoms with Crippen LogP contribution in [0.2, 0.25) is 0 Å². The van der Waals surface area contributed by atoms with E-state index in [2.05, 4.69) is 39.1 Å². The van der Waals surface area contributed by atoms with Crippen LogP contribution in [0.4, 0.5) is 11.4 Å². The molecule has 0 heterocycles. The van der Waals surface area contributed by atoms with Gasteiger partial charge in [0.2, 0.25) is 5.91 Å². The molecule has 2 rings (SSSR count). The molecule has 0 aliphatic carbocycles. The van der Waals surface area contributed by atoms with E-state index < -0.39 is 4.92 Å². The van der Waals surface area contributed by atoms with Gasteiger partial charge in [0, 0.05) is 11.0 Å². The van der Waals surface area contributed by atoms with Gasteiger partial charge in [0.05, 0.1) is 10.7 Å². The van der Waals surface area contributed by atoms with Crippen molar-refractivity contribution < 1.29 is 9.72 Å². The van der Waals surface area contributed by atoms with Gasteiger partial charge in [0.25, 0.3) is 5.69 Å². The van der Waals surface area contributed by atoms with Gasteiger partial charge < -0.3 is 5.32 Å². The highest BCUT2D eigenvalue weighted by Crippen LogP contribution is 2.33. The highest BCUT2D eigenvalue weighted by atomic mass is 32.2. The van der Waals surface area contributed by atoms with Gasteiger partial charge in [-0.15, -0.1) is 11.8 Å². The lowest BCUT2D eigenvalue weighted by Gasteiger charge is -2.15. The van der Waals surface area contributed by atoms with Crippen molar-refractivity contribution in [3.05, 3.63) is 61.7 Å². The topological polar surface area (TPSA) is 72.2 Å². The molecule has 0 fully saturated rings. The number of hydrogen-bond acceptors (Lipinski definition) is 4. The summed E-state index contributed by atoms with van der Waals surface area (Å²) in [7, 11) is 0. The van der Waals surface area contributed by atoms with E-state index in [1.807, 2.05) is 6.92 Å². The van der Waals surface area contributed by atoms with E-state index in [-0.39, 0.29) is 23.0 Å². The van der Waals surface area contributed by atoms with E-state index in [4.69, 9.17) is 0 Å². The molecule has 0 aliphatic heterocycles. The largest absolute Gasteiger partial charge is 0.319 e. The fourth-order valence-corrected chi connectivity index (χ4v) is 3.92. The van der Waals surface area contributed by atoms with Gasteiger partial charge >= 0.3 is 0 Å². The Kier molecular flexibility index (Phi) is 6.08. The van der Waals surface area contributed by atoms with Gasteiger partial charge in [-0.25, -0.2) is 0 Å². The SMILES string of the molecule is Cc1ccc([N+](=O)[O-])c(NC(=O)CSc2c(C)c(C)cc(C)c2C)c1C. The Balaban J connectivity index is 2.22. The molecule has 0 spiro atoms. The predicted molar refractivity (Wildman–Crippen MR) is 107 cm³/mol. The summed E-state index contributed by atoms with van der Waals surface area (Å²) >= 11 is 1.47. The summed E-state index contributed by atoms with van der Waals surface area (Å²) in [6.45, 7) is 11.9. The number of carbonyl (C=O) groups is 1. The highest BCUT2D eigenvalue weighted by Gasteiger charge is 2.20. The highest BCUT2D eigenvalue weighted by molar-refractivity contribution is 8.00. The van der Waals surface area contributed by atoms with Crippen LogP contribution in [-0.4, -0.2) is 16.6 Å². The molecular formula is C20H24N2O3S. The second-order valence-corrected chi connectivity index (χ2v) is 7.57. The molecule has 26 heavy (non-hydrogen) atoms. The first kappa shape index (κ1) is 20.0. The Labute approximate surface area is 158 Å². The molecule has 1 N–H and O–H groups in total. The number of aryl methyl sites for hydroxylation is 3. The third kappa shape index (κ3) is 4.07. The molecule has 0 bridgehead atoms. The van der Waals surface area contributed by atoms with Crippen LogP contribution in [0.5, 0.6) is 0 Å². The Morgan fingerprint density at radius 1 is 1.00 bits per heavy atom. The lowest BCUT2D eigenvalue weighted by Crippen LogP contribution is -2.16. The van der Waals surface area contributed by atoms with E-state index in [9.17, 15) is 14.9 Å². The fourth-order valence-electron chi connectivity index (χ4n) is 2.82. The number of nitro benzene ring substituents is 1. The summed E-state index contributed by atoms with van der Waals surface area (Å²) in [5, 5.41) is 14.0. The standard InChI is InChI=1S/C20H24N2O3S/c1-11-7-8-17(22(24)25)19(14(11)4)21-18(23)10-26-20-15(5)12(2)9-13(3)16(20)6/h7-9H,10H2,1-6H3,(H,21,23). The van der Waals surface area contributed by atoms with Crippen LogP contribution in [0.15, 0.2) is 23.1 Å². The molecular weight excluding hydrogens is 348 g/mol. The molecule has 2 aromatic rings. The zero-order chi connectivity index (χ0) is 19.6. The molecule has 5 nitrogen and oxygen atoms in total. The maximum absolute atomic E-state index is 12.5. The summed E-state index contributed by atoms with van der Waals surface area (Å²) in [6, 6.07) is 5.28. The summed E-state index contributed by atoms with van der Waals surface area (Å²) in [5.41, 5.74) is 6.56. The van der Waals surface area contributed by atoms with Crippen LogP contribution < -0.4 is 5.32 Å². The normalized spacial score (nSPS) is 10.7. The minimum absolute atomic E-state index is 0.0785. The van der Waals surface area contributed by atoms with E-state index >= 15 is 0 Å². The number of nitrogens with zero attached hydrogens (tertiary/aromatic N) is 1. The Morgan fingerprint density at radius 3 is 2.12 bits per heavy atom. The molecule has 0 atom stereocenters. The van der Waals surface area contributed by atoms with Crippen LogP contribution >= 0.6 is 11.8 Å². The van der Waals surface area contributed by atoms with Crippen molar-refractivity contribution in [2.75, 3.05) is 11.1 Å². The Hall–Kier alpha value is -2.34. The van der Waals surface area contributed by atoms with Gasteiger partial charge in [-0.2, -0.15) is 0 Å². The summed E-state index contributed by atoms with van der Waals surface area (Å²) < 4.78 is 0. The summed E-state index contributed by atoms with van der Waals surface area (Å²) in [4.78, 5) is 24.4. The van der Waals surface area contributed by atoms with Crippen LogP contribution in [0, 0.1) is 51.7 Å². The monoisotopic (exact) mass is 372 g/mol. The molecule has 0 saturated heterocycles. The zero-order valence-corrected chi connectivity index (χ0v) is 16.8. The number of thioether (sulfide) groups is 1. The zero-order valence-electron chi connectivity index (χ0n) is 16.0. The fraction of sp³-hybridized carbons (Fsp3) is 0.350. The van der Waals surface area contributed by atoms with Gasteiger partial charge in [0.1, 0.15) is 5.69 Å². The van der Waals surface area contributed by atoms with E-state index in [0.29, 0.717) is 0 Å². The lowest BCUT2D eigenvalue weighted by atomic mass is 10.0. The number of hydrogen-bond donors (Lipinski definition) is 1. The van der Waals surface area contributed by atoms with Crippen LogP contribution in [0.25, 0.3) is 0 Å². The third-order valence-electron chi connectivity index (χ3n) is 4.82. The predicted octanol–water partition coefficient (Wildman–Crippen LogP) is 5.18. The smallest absolute Gasteiger partial charge is 0.293 e. The molecule has 0 aliphatic rings. The minimum atomic E-state index is -0.465. The summed E-state index contributed by atoms with van der Waals surface area (Å²) in [5.74, 6) is -0.0421. The second kappa shape index (κ2) is 7.91. The van der Waals surface area contributed by atoms with Crippen LogP contribution in [0.3, 0.4) is 0 Å². The molecule has 0 unspecified atom stereocenters. The number of rotatable bonds is 5. The van der Waals surface area contributed by atoms with Crippen molar-refractivity contribution in [2.45, 2.75) is 46.4 Å². The third-order valence-corrected chi connectivity index (χ3v) is 6.13. The molecule has 2 aromatic carbocycles. The molecule has 0 saturated carbocycles. The van der Waals surface area contributed by atoms with Gasteiger partial charge in [0.15, 0.2) is 0 Å². The molecule has 6 heteroatoms. The van der Waals surface area contributed by atoms with Crippen molar-refractivity contribution in [1.29, 1.82) is 0 Å². The van der Waals surface area contributed by atoms with E-state index in [1.54, 1.807) is 13.0 Å². The molecule has 0 radical (unpaired) electrons. The van der Waals surface area contributed by atoms with Crippen molar-refractivity contribution in [2.24, 2.45) is 0 Å². The van der Waals surface area contributed by atoms with Crippen LogP contribution in [0.1, 0.15) is 33.4 Å². The Morgan fingerprint density at radius 2 is 1.58 bits per heavy atom. The van der Waals surface area contributed by atoms with E-state index in [0.717, 1.165) is 16.0 Å². The van der Waals surface area contributed by atoms with Crippen molar-refractivity contribution in [3.8, 4) is 0 Å². The van der Waals surface area contributed by atoms with Gasteiger partial charge in [-0.3, -0.25) is 14.9 Å². The number of nitro groups is 1. The number of nitrogens with one attached hydrogen (secondary N) is 1. The minimum Gasteiger partial charge on any atom is -0.319 e. The number of anilines is 1. The number of amides is 1. The van der Waals surface area contributed by atoms with E-state index in [1.165, 1.54) is 40.1 Å². The maximum Gasteiger partial charge on any atom is 0.293 e. The van der Waals surface area contributed by atoms with Gasteiger partial charge in [-0.1, -0.05) is 12.1 Å². The van der Waals surface area contributed by atoms with Crippen molar-refractivity contribution >= 4 is 29.0 Å². The first-order valence-corrected chi connectivity index (χ1v) is 9.36. The average Bonchev–Trinajstić information content (AvgIpc) is 2.57. The quantitative estimate of drug-likeness (QED) is 0.446. The van der Waals surface area contributed by atoms with Crippen molar-refractivity contribution in [1.82, 2.24) is 0 Å². The van der Waals surface area contributed by atoms with Gasteiger partial charge in [-0.05, 0) is 74.9 Å². The molecule has 1 amide bonds. The first-order valence-electron chi connectivity index (χ1n) is 8.38. The van der Waals surface area contributed by atoms with Crippen LogP contribution in [-0.2, 0) is 4.79 Å². The molecule has 0 aromatic heterocycles. The first-order chi connectivity index (χ1) is 12.1. The number of benzene rings is 2. The molecule has 138 valence electrons. The lowest BCUT2D eigenvalue weighted by molar-refractivity contribution is -0.384. The maximum atomic E-state index is 12.5. The number of carbonyl (C=O) groups excluding carboxylic acids is 1. The van der Waals surface area contributed by atoms with Crippen molar-refractivity contribution in [3.63, 3.8) is 0 Å². The summed E-state index contributed by atoms with van der Waals surface area (Å²) in [6.07, 6.45) is 0. The average molecular weight is 372 g/mol.